The topological polar surface area (TPSA) is 71.1 Å². The van der Waals surface area contributed by atoms with Gasteiger partial charge in [0.25, 0.3) is 0 Å². The number of nitrogens with zero attached hydrogens (tertiary/aromatic N) is 2. The predicted octanol–water partition coefficient (Wildman–Crippen LogP) is 4.48. The minimum Gasteiger partial charge on any atom is -0.494 e. The number of thioether (sulfide) groups is 1. The summed E-state index contributed by atoms with van der Waals surface area (Å²) in [6, 6.07) is 7.96. The van der Waals surface area contributed by atoms with Gasteiger partial charge in [0.2, 0.25) is 5.91 Å². The number of ether oxygens (including phenoxy) is 2. The number of carbonyl (C=O) groups is 2. The Hall–Kier alpha value is -2.10. The van der Waals surface area contributed by atoms with Crippen LogP contribution in [-0.2, 0) is 14.3 Å². The number of anilines is 1. The number of benzene rings is 1. The highest BCUT2D eigenvalue weighted by molar-refractivity contribution is 8.22. The van der Waals surface area contributed by atoms with Gasteiger partial charge >= 0.3 is 5.97 Å². The highest BCUT2D eigenvalue weighted by atomic mass is 32.2. The maximum absolute atomic E-state index is 11.9. The normalized spacial score (nSPS) is 17.3. The van der Waals surface area contributed by atoms with Crippen LogP contribution in [0.4, 0.5) is 5.69 Å². The van der Waals surface area contributed by atoms with Crippen LogP contribution in [0.2, 0.25) is 0 Å². The largest absolute Gasteiger partial charge is 0.494 e. The summed E-state index contributed by atoms with van der Waals surface area (Å²) in [5.74, 6) is 0.709. The summed E-state index contributed by atoms with van der Waals surface area (Å²) in [5, 5.41) is 2.70. The van der Waals surface area contributed by atoms with Crippen molar-refractivity contribution in [1.82, 2.24) is 9.80 Å². The number of methoxy groups -OCH3 is 1. The summed E-state index contributed by atoms with van der Waals surface area (Å²) in [6.45, 7) is 5.33. The molecule has 3 rings (SSSR count). The van der Waals surface area contributed by atoms with E-state index in [1.165, 1.54) is 52.3 Å². The highest BCUT2D eigenvalue weighted by Gasteiger charge is 2.26. The lowest BCUT2D eigenvalue weighted by Gasteiger charge is -2.40. The molecule has 2 aliphatic heterocycles. The quantitative estimate of drug-likeness (QED) is 0.210. The molecule has 0 aliphatic carbocycles. The molecule has 0 unspecified atom stereocenters. The Bertz CT molecular complexity index is 866. The van der Waals surface area contributed by atoms with Gasteiger partial charge in [-0.1, -0.05) is 36.5 Å². The van der Waals surface area contributed by atoms with Gasteiger partial charge in [0.15, 0.2) is 0 Å². The van der Waals surface area contributed by atoms with Gasteiger partial charge in [0.05, 0.1) is 13.7 Å². The average Bonchev–Trinajstić information content (AvgIpc) is 2.90. The van der Waals surface area contributed by atoms with E-state index in [0.717, 1.165) is 54.2 Å². The fourth-order valence-electron chi connectivity index (χ4n) is 4.40. The number of amides is 1. The molecule has 2 fully saturated rings. The molecule has 7 nitrogen and oxygen atoms in total. The van der Waals surface area contributed by atoms with Gasteiger partial charge in [-0.25, -0.2) is 4.79 Å². The number of hydrogen-bond donors (Lipinski definition) is 1. The number of hydrogen-bond acceptors (Lipinski definition) is 7. The molecular weight excluding hydrogens is 482 g/mol. The molecule has 2 saturated heterocycles. The molecule has 0 spiro atoms. The van der Waals surface area contributed by atoms with E-state index in [4.69, 9.17) is 17.0 Å². The Morgan fingerprint density at radius 3 is 2.63 bits per heavy atom. The van der Waals surface area contributed by atoms with Crippen LogP contribution in [0.5, 0.6) is 5.75 Å². The van der Waals surface area contributed by atoms with E-state index in [2.05, 4.69) is 19.9 Å². The number of carbonyl (C=O) groups excluding carboxylic acids is 2. The number of rotatable bonds is 10. The monoisotopic (exact) mass is 519 g/mol. The van der Waals surface area contributed by atoms with Crippen LogP contribution < -0.4 is 10.1 Å². The molecule has 0 bridgehead atoms. The van der Waals surface area contributed by atoms with Crippen LogP contribution in [0.15, 0.2) is 36.4 Å². The Morgan fingerprint density at radius 1 is 1.11 bits per heavy atom. The Kier molecular flexibility index (Phi) is 11.9. The van der Waals surface area contributed by atoms with Crippen LogP contribution in [0, 0.1) is 0 Å². The van der Waals surface area contributed by atoms with Crippen LogP contribution in [0.3, 0.4) is 0 Å². The van der Waals surface area contributed by atoms with Crippen molar-refractivity contribution in [2.45, 2.75) is 51.0 Å². The first-order chi connectivity index (χ1) is 17.0. The summed E-state index contributed by atoms with van der Waals surface area (Å²) in [4.78, 5) is 28.0. The number of piperidine rings is 2. The summed E-state index contributed by atoms with van der Waals surface area (Å²) >= 11 is 7.48. The molecular formula is C26H37N3O4S2. The number of likely N-dealkylation sites (tertiary alicyclic amines) is 2. The highest BCUT2D eigenvalue weighted by Crippen LogP contribution is 2.23. The predicted molar refractivity (Wildman–Crippen MR) is 146 cm³/mol. The van der Waals surface area contributed by atoms with Gasteiger partial charge < -0.3 is 24.6 Å². The maximum atomic E-state index is 11.9. The molecule has 0 atom stereocenters. The Balaban J connectivity index is 1.27. The zero-order chi connectivity index (χ0) is 24.9. The van der Waals surface area contributed by atoms with Gasteiger partial charge in [-0.3, -0.25) is 4.79 Å². The van der Waals surface area contributed by atoms with Crippen molar-refractivity contribution < 1.29 is 19.1 Å². The van der Waals surface area contributed by atoms with Gasteiger partial charge in [0, 0.05) is 48.8 Å². The first kappa shape index (κ1) is 27.5. The van der Waals surface area contributed by atoms with Crippen LogP contribution in [-0.4, -0.2) is 77.7 Å². The Morgan fingerprint density at radius 2 is 1.89 bits per heavy atom. The van der Waals surface area contributed by atoms with Crippen molar-refractivity contribution in [2.75, 3.05) is 51.0 Å². The van der Waals surface area contributed by atoms with Crippen molar-refractivity contribution in [3.8, 4) is 5.75 Å². The van der Waals surface area contributed by atoms with E-state index in [9.17, 15) is 9.59 Å². The van der Waals surface area contributed by atoms with Crippen molar-refractivity contribution >= 4 is 45.9 Å². The number of unbranched alkanes of at least 4 members (excludes halogenated alkanes) is 1. The zero-order valence-corrected chi connectivity index (χ0v) is 22.2. The second-order valence-electron chi connectivity index (χ2n) is 8.86. The summed E-state index contributed by atoms with van der Waals surface area (Å²) in [7, 11) is 1.26. The van der Waals surface area contributed by atoms with E-state index in [1.807, 2.05) is 12.1 Å². The molecule has 35 heavy (non-hydrogen) atoms. The third kappa shape index (κ3) is 9.82. The van der Waals surface area contributed by atoms with E-state index >= 15 is 0 Å². The lowest BCUT2D eigenvalue weighted by molar-refractivity contribution is -0.135. The van der Waals surface area contributed by atoms with Gasteiger partial charge in [-0.05, 0) is 63.7 Å². The summed E-state index contributed by atoms with van der Waals surface area (Å²) < 4.78 is 11.3. The zero-order valence-electron chi connectivity index (χ0n) is 20.6. The molecule has 1 N–H and O–H groups in total. The van der Waals surface area contributed by atoms with Crippen molar-refractivity contribution in [3.63, 3.8) is 0 Å². The van der Waals surface area contributed by atoms with Gasteiger partial charge in [-0.15, -0.1) is 0 Å². The first-order valence-electron chi connectivity index (χ1n) is 12.5. The van der Waals surface area contributed by atoms with Gasteiger partial charge in [0.1, 0.15) is 10.1 Å². The van der Waals surface area contributed by atoms with E-state index < -0.39 is 11.9 Å². The third-order valence-electron chi connectivity index (χ3n) is 6.34. The number of nitrogens with one attached hydrogen (secondary N) is 1. The molecule has 2 aliphatic rings. The molecule has 9 heteroatoms. The molecule has 0 saturated carbocycles. The molecule has 0 radical (unpaired) electrons. The fraction of sp³-hybridized carbons (Fsp3) is 0.577. The minimum absolute atomic E-state index is 0.406. The Labute approximate surface area is 218 Å². The molecule has 192 valence electrons. The van der Waals surface area contributed by atoms with Crippen LogP contribution >= 0.6 is 24.0 Å². The van der Waals surface area contributed by atoms with Crippen molar-refractivity contribution in [3.05, 3.63) is 36.4 Å². The first-order valence-corrected chi connectivity index (χ1v) is 13.9. The standard InChI is InChI=1S/C26H37N3O4S2/c1-32-25(31)11-10-24(30)27-21-8-7-9-23(20-21)33-18-5-6-19-35-26(34)29-16-12-22(13-17-29)28-14-3-2-4-15-28/h7-11,20,22H,2-6,12-19H2,1H3,(H,27,30)/b11-10+. The number of thiocarbonyl (C=S) groups is 1. The molecule has 2 heterocycles. The van der Waals surface area contributed by atoms with E-state index in [0.29, 0.717) is 18.0 Å². The van der Waals surface area contributed by atoms with Crippen molar-refractivity contribution in [1.29, 1.82) is 0 Å². The SMILES string of the molecule is COC(=O)/C=C/C(=O)Nc1cccc(OCCCCSC(=S)N2CCC(N3CCCCC3)CC2)c1. The van der Waals surface area contributed by atoms with E-state index in [1.54, 1.807) is 23.9 Å². The summed E-state index contributed by atoms with van der Waals surface area (Å²) in [6.07, 6.45) is 10.8. The molecule has 1 aromatic rings. The number of esters is 1. The third-order valence-corrected chi connectivity index (χ3v) is 7.95. The van der Waals surface area contributed by atoms with Crippen LogP contribution in [0.1, 0.15) is 44.9 Å². The van der Waals surface area contributed by atoms with Crippen molar-refractivity contribution in [2.24, 2.45) is 0 Å². The second kappa shape index (κ2) is 15.1. The second-order valence-corrected chi connectivity index (χ2v) is 10.6. The maximum Gasteiger partial charge on any atom is 0.330 e. The van der Waals surface area contributed by atoms with E-state index in [-0.39, 0.29) is 0 Å². The lowest BCUT2D eigenvalue weighted by Crippen LogP contribution is -2.47. The molecule has 0 aromatic heterocycles. The molecule has 1 amide bonds. The summed E-state index contributed by atoms with van der Waals surface area (Å²) in [5.41, 5.74) is 0.604. The fourth-order valence-corrected chi connectivity index (χ4v) is 5.72. The average molecular weight is 520 g/mol. The minimum atomic E-state index is -0.575. The molecule has 1 aromatic carbocycles. The van der Waals surface area contributed by atoms with Gasteiger partial charge in [-0.2, -0.15) is 0 Å². The smallest absolute Gasteiger partial charge is 0.330 e. The lowest BCUT2D eigenvalue weighted by atomic mass is 10.0. The van der Waals surface area contributed by atoms with Crippen LogP contribution in [0.25, 0.3) is 0 Å².